The fourth-order valence-electron chi connectivity index (χ4n) is 3.71. The summed E-state index contributed by atoms with van der Waals surface area (Å²) in [5.41, 5.74) is 3.98. The third-order valence-corrected chi connectivity index (χ3v) is 5.93. The number of hydrogen-bond donors (Lipinski definition) is 1. The summed E-state index contributed by atoms with van der Waals surface area (Å²) in [6.45, 7) is 8.91. The van der Waals surface area contributed by atoms with E-state index < -0.39 is 0 Å². The Bertz CT molecular complexity index is 866. The van der Waals surface area contributed by atoms with E-state index in [1.807, 2.05) is 30.3 Å². The van der Waals surface area contributed by atoms with Gasteiger partial charge in [-0.2, -0.15) is 0 Å². The molecular formula is C23H27BrN2O2. The number of nitrogens with one attached hydrogen (secondary N) is 1. The molecule has 1 N–H and O–H groups in total. The van der Waals surface area contributed by atoms with Crippen molar-refractivity contribution >= 4 is 39.1 Å². The van der Waals surface area contributed by atoms with Crippen LogP contribution in [0.5, 0.6) is 0 Å². The molecule has 1 unspecified atom stereocenters. The van der Waals surface area contributed by atoms with Gasteiger partial charge in [0.1, 0.15) is 0 Å². The predicted molar refractivity (Wildman–Crippen MR) is 118 cm³/mol. The average Bonchev–Trinajstić information content (AvgIpc) is 3.03. The van der Waals surface area contributed by atoms with Crippen molar-refractivity contribution in [1.29, 1.82) is 0 Å². The SMILES string of the molecule is CC(C)c1cccc(C(C)C)c1NC(=O)C1CC(=O)N(c2ccccc2Br)C1. The van der Waals surface area contributed by atoms with E-state index in [4.69, 9.17) is 0 Å². The number of rotatable bonds is 5. The van der Waals surface area contributed by atoms with Crippen molar-refractivity contribution in [3.05, 3.63) is 58.1 Å². The Balaban J connectivity index is 1.83. The summed E-state index contributed by atoms with van der Waals surface area (Å²) in [5.74, 6) is 0.137. The molecule has 0 aliphatic carbocycles. The molecule has 0 aromatic heterocycles. The Morgan fingerprint density at radius 1 is 1.04 bits per heavy atom. The van der Waals surface area contributed by atoms with Crippen molar-refractivity contribution in [2.75, 3.05) is 16.8 Å². The molecule has 1 atom stereocenters. The summed E-state index contributed by atoms with van der Waals surface area (Å²) in [6.07, 6.45) is 0.230. The van der Waals surface area contributed by atoms with Gasteiger partial charge in [0.2, 0.25) is 11.8 Å². The molecular weight excluding hydrogens is 416 g/mol. The predicted octanol–water partition coefficient (Wildman–Crippen LogP) is 5.69. The van der Waals surface area contributed by atoms with Crippen LogP contribution in [0, 0.1) is 5.92 Å². The number of amides is 2. The molecule has 1 heterocycles. The molecule has 2 aromatic carbocycles. The molecule has 1 aliphatic rings. The van der Waals surface area contributed by atoms with Crippen LogP contribution < -0.4 is 10.2 Å². The highest BCUT2D eigenvalue weighted by Gasteiger charge is 2.36. The van der Waals surface area contributed by atoms with E-state index in [1.165, 1.54) is 0 Å². The van der Waals surface area contributed by atoms with E-state index in [2.05, 4.69) is 61.1 Å². The first-order valence-corrected chi connectivity index (χ1v) is 10.6. The van der Waals surface area contributed by atoms with Crippen LogP contribution in [-0.4, -0.2) is 18.4 Å². The largest absolute Gasteiger partial charge is 0.325 e. The Labute approximate surface area is 175 Å². The molecule has 148 valence electrons. The van der Waals surface area contributed by atoms with E-state index in [9.17, 15) is 9.59 Å². The van der Waals surface area contributed by atoms with Crippen LogP contribution in [0.2, 0.25) is 0 Å². The summed E-state index contributed by atoms with van der Waals surface area (Å²) in [5, 5.41) is 3.16. The molecule has 2 aromatic rings. The number of para-hydroxylation sites is 2. The Hall–Kier alpha value is -2.14. The van der Waals surface area contributed by atoms with Gasteiger partial charge in [-0.3, -0.25) is 9.59 Å². The molecule has 1 saturated heterocycles. The standard InChI is InChI=1S/C23H27BrN2O2/c1-14(2)17-8-7-9-18(15(3)4)22(17)25-23(28)16-12-21(27)26(13-16)20-11-6-5-10-19(20)24/h5-11,14-16H,12-13H2,1-4H3,(H,25,28). The summed E-state index contributed by atoms with van der Waals surface area (Å²) in [6, 6.07) is 13.8. The number of halogens is 1. The summed E-state index contributed by atoms with van der Waals surface area (Å²) in [7, 11) is 0. The zero-order valence-corrected chi connectivity index (χ0v) is 18.4. The molecule has 0 radical (unpaired) electrons. The highest BCUT2D eigenvalue weighted by Crippen LogP contribution is 2.35. The first kappa shape index (κ1) is 20.6. The maximum Gasteiger partial charge on any atom is 0.229 e. The van der Waals surface area contributed by atoms with Crippen LogP contribution in [0.15, 0.2) is 46.9 Å². The molecule has 5 heteroatoms. The van der Waals surface area contributed by atoms with E-state index >= 15 is 0 Å². The summed E-state index contributed by atoms with van der Waals surface area (Å²) < 4.78 is 0.858. The minimum absolute atomic E-state index is 0.0201. The number of carbonyl (C=O) groups excluding carboxylic acids is 2. The lowest BCUT2D eigenvalue weighted by Crippen LogP contribution is -2.29. The van der Waals surface area contributed by atoms with Crippen molar-refractivity contribution < 1.29 is 9.59 Å². The first-order valence-electron chi connectivity index (χ1n) is 9.78. The quantitative estimate of drug-likeness (QED) is 0.646. The lowest BCUT2D eigenvalue weighted by Gasteiger charge is -2.22. The third kappa shape index (κ3) is 4.14. The fourth-order valence-corrected chi connectivity index (χ4v) is 4.21. The number of benzene rings is 2. The van der Waals surface area contributed by atoms with Crippen LogP contribution in [0.4, 0.5) is 11.4 Å². The second-order valence-electron chi connectivity index (χ2n) is 7.97. The Morgan fingerprint density at radius 3 is 2.21 bits per heavy atom. The highest BCUT2D eigenvalue weighted by molar-refractivity contribution is 9.10. The summed E-state index contributed by atoms with van der Waals surface area (Å²) in [4.78, 5) is 27.3. The second-order valence-corrected chi connectivity index (χ2v) is 8.82. The molecule has 0 spiro atoms. The molecule has 1 fully saturated rings. The second kappa shape index (κ2) is 8.48. The van der Waals surface area contributed by atoms with Crippen molar-refractivity contribution in [1.82, 2.24) is 0 Å². The van der Waals surface area contributed by atoms with Crippen molar-refractivity contribution in [2.24, 2.45) is 5.92 Å². The van der Waals surface area contributed by atoms with Crippen LogP contribution in [-0.2, 0) is 9.59 Å². The van der Waals surface area contributed by atoms with Gasteiger partial charge in [0.15, 0.2) is 0 Å². The van der Waals surface area contributed by atoms with Gasteiger partial charge in [-0.15, -0.1) is 0 Å². The van der Waals surface area contributed by atoms with Crippen LogP contribution >= 0.6 is 15.9 Å². The Kier molecular flexibility index (Phi) is 6.23. The maximum absolute atomic E-state index is 13.1. The van der Waals surface area contributed by atoms with Gasteiger partial charge < -0.3 is 10.2 Å². The summed E-state index contributed by atoms with van der Waals surface area (Å²) >= 11 is 3.50. The third-order valence-electron chi connectivity index (χ3n) is 5.26. The molecule has 3 rings (SSSR count). The average molecular weight is 443 g/mol. The minimum Gasteiger partial charge on any atom is -0.325 e. The number of anilines is 2. The number of carbonyl (C=O) groups is 2. The maximum atomic E-state index is 13.1. The van der Waals surface area contributed by atoms with E-state index in [0.717, 1.165) is 27.0 Å². The highest BCUT2D eigenvalue weighted by atomic mass is 79.9. The molecule has 0 saturated carbocycles. The van der Waals surface area contributed by atoms with Gasteiger partial charge in [0.25, 0.3) is 0 Å². The zero-order chi connectivity index (χ0) is 20.4. The van der Waals surface area contributed by atoms with Gasteiger partial charge in [0, 0.05) is 23.1 Å². The lowest BCUT2D eigenvalue weighted by molar-refractivity contribution is -0.122. The van der Waals surface area contributed by atoms with Crippen molar-refractivity contribution in [3.63, 3.8) is 0 Å². The van der Waals surface area contributed by atoms with Gasteiger partial charge in [-0.1, -0.05) is 58.0 Å². The van der Waals surface area contributed by atoms with E-state index in [1.54, 1.807) is 4.90 Å². The monoisotopic (exact) mass is 442 g/mol. The van der Waals surface area contributed by atoms with Crippen molar-refractivity contribution in [2.45, 2.75) is 46.0 Å². The molecule has 4 nitrogen and oxygen atoms in total. The van der Waals surface area contributed by atoms with Crippen molar-refractivity contribution in [3.8, 4) is 0 Å². The molecule has 0 bridgehead atoms. The smallest absolute Gasteiger partial charge is 0.229 e. The zero-order valence-electron chi connectivity index (χ0n) is 16.8. The van der Waals surface area contributed by atoms with Gasteiger partial charge in [-0.05, 0) is 51.0 Å². The molecule has 1 aliphatic heterocycles. The van der Waals surface area contributed by atoms with Gasteiger partial charge >= 0.3 is 0 Å². The van der Waals surface area contributed by atoms with Crippen LogP contribution in [0.3, 0.4) is 0 Å². The Morgan fingerprint density at radius 2 is 1.64 bits per heavy atom. The van der Waals surface area contributed by atoms with Gasteiger partial charge in [0.05, 0.1) is 11.6 Å². The minimum atomic E-state index is -0.361. The van der Waals surface area contributed by atoms with E-state index in [0.29, 0.717) is 18.4 Å². The fraction of sp³-hybridized carbons (Fsp3) is 0.391. The topological polar surface area (TPSA) is 49.4 Å². The number of hydrogen-bond acceptors (Lipinski definition) is 2. The van der Waals surface area contributed by atoms with Gasteiger partial charge in [-0.25, -0.2) is 0 Å². The molecule has 28 heavy (non-hydrogen) atoms. The van der Waals surface area contributed by atoms with Crippen LogP contribution in [0.25, 0.3) is 0 Å². The normalized spacial score (nSPS) is 16.9. The van der Waals surface area contributed by atoms with Crippen LogP contribution in [0.1, 0.15) is 57.1 Å². The first-order chi connectivity index (χ1) is 13.3. The number of nitrogens with zero attached hydrogens (tertiary/aromatic N) is 1. The molecule has 2 amide bonds. The van der Waals surface area contributed by atoms with E-state index in [-0.39, 0.29) is 24.2 Å². The lowest BCUT2D eigenvalue weighted by atomic mass is 9.92.